The van der Waals surface area contributed by atoms with Crippen LogP contribution in [0.5, 0.6) is 0 Å². The molecule has 2 aromatic rings. The Morgan fingerprint density at radius 3 is 2.38 bits per heavy atom. The number of thiol groups is 1. The smallest absolute Gasteiger partial charge is 0.327 e. The molecule has 5 atom stereocenters. The van der Waals surface area contributed by atoms with Crippen LogP contribution in [0.25, 0.3) is 10.9 Å². The number of hydrogen-bond donors (Lipinski definition) is 7. The average molecular weight is 552 g/mol. The minimum Gasteiger partial charge on any atom is -0.480 e. The molecule has 1 aromatic heterocycles. The predicted molar refractivity (Wildman–Crippen MR) is 150 cm³/mol. The Labute approximate surface area is 226 Å². The Morgan fingerprint density at radius 1 is 1.08 bits per heavy atom. The maximum absolute atomic E-state index is 13.5. The minimum atomic E-state index is -1.22. The van der Waals surface area contributed by atoms with Crippen molar-refractivity contribution in [2.24, 2.45) is 11.7 Å². The Bertz CT molecular complexity index is 1080. The summed E-state index contributed by atoms with van der Waals surface area (Å²) in [4.78, 5) is 53.9. The molecule has 12 heteroatoms. The van der Waals surface area contributed by atoms with Gasteiger partial charge in [-0.25, -0.2) is 4.79 Å². The number of nitrogens with one attached hydrogen (secondary N) is 4. The molecule has 0 aliphatic heterocycles. The van der Waals surface area contributed by atoms with Crippen LogP contribution in [0.4, 0.5) is 0 Å². The predicted octanol–water partition coefficient (Wildman–Crippen LogP) is 1.31. The van der Waals surface area contributed by atoms with Gasteiger partial charge in [0.1, 0.15) is 18.1 Å². The molecule has 0 spiro atoms. The molecule has 0 radical (unpaired) electrons. The van der Waals surface area contributed by atoms with E-state index >= 15 is 0 Å². The van der Waals surface area contributed by atoms with E-state index in [2.05, 4.69) is 33.6 Å². The fraction of sp³-hybridized carbons (Fsp3) is 0.520. The van der Waals surface area contributed by atoms with Crippen LogP contribution < -0.4 is 21.7 Å². The summed E-state index contributed by atoms with van der Waals surface area (Å²) in [5, 5.41) is 18.2. The molecule has 204 valence electrons. The van der Waals surface area contributed by atoms with E-state index in [1.165, 1.54) is 0 Å². The number of thioether (sulfide) groups is 1. The number of H-pyrrole nitrogens is 1. The third kappa shape index (κ3) is 8.68. The first-order chi connectivity index (χ1) is 17.6. The Kier molecular flexibility index (Phi) is 12.3. The lowest BCUT2D eigenvalue weighted by molar-refractivity contribution is -0.142. The van der Waals surface area contributed by atoms with Gasteiger partial charge in [-0.15, -0.1) is 0 Å². The van der Waals surface area contributed by atoms with Gasteiger partial charge in [0, 0.05) is 29.3 Å². The topological polar surface area (TPSA) is 166 Å². The van der Waals surface area contributed by atoms with Crippen molar-refractivity contribution in [3.63, 3.8) is 0 Å². The molecule has 3 amide bonds. The summed E-state index contributed by atoms with van der Waals surface area (Å²) in [6, 6.07) is 3.61. The van der Waals surface area contributed by atoms with Crippen LogP contribution in [-0.4, -0.2) is 75.7 Å². The Balaban J connectivity index is 2.30. The average Bonchev–Trinajstić information content (AvgIpc) is 3.30. The molecule has 0 aliphatic carbocycles. The highest BCUT2D eigenvalue weighted by Gasteiger charge is 2.32. The number of hydrogen-bond acceptors (Lipinski definition) is 7. The number of para-hydroxylation sites is 1. The quantitative estimate of drug-likeness (QED) is 0.164. The van der Waals surface area contributed by atoms with Crippen LogP contribution in [0.1, 0.15) is 32.3 Å². The van der Waals surface area contributed by atoms with Gasteiger partial charge < -0.3 is 31.8 Å². The molecule has 7 N–H and O–H groups in total. The van der Waals surface area contributed by atoms with Crippen molar-refractivity contribution >= 4 is 59.0 Å². The van der Waals surface area contributed by atoms with Gasteiger partial charge >= 0.3 is 5.97 Å². The molecule has 37 heavy (non-hydrogen) atoms. The van der Waals surface area contributed by atoms with Gasteiger partial charge in [0.25, 0.3) is 0 Å². The van der Waals surface area contributed by atoms with Gasteiger partial charge in [-0.05, 0) is 36.0 Å². The van der Waals surface area contributed by atoms with Gasteiger partial charge in [-0.1, -0.05) is 38.5 Å². The summed E-state index contributed by atoms with van der Waals surface area (Å²) >= 11 is 5.56. The van der Waals surface area contributed by atoms with Crippen LogP contribution in [0.15, 0.2) is 30.5 Å². The van der Waals surface area contributed by atoms with Crippen LogP contribution in [-0.2, 0) is 25.6 Å². The zero-order valence-corrected chi connectivity index (χ0v) is 23.0. The standard InChI is InChI=1S/C25H37N5O5S2/c1-4-14(2)21(24(33)29-20(13-36)25(34)35)30-23(32)19(28-22(31)17(26)9-10-37-3)11-15-12-27-18-8-6-5-7-16(15)18/h5-8,12,14,17,19-21,27,36H,4,9-11,13,26H2,1-3H3,(H,28,31)(H,29,33)(H,30,32)(H,34,35). The van der Waals surface area contributed by atoms with Gasteiger partial charge in [-0.3, -0.25) is 14.4 Å². The largest absolute Gasteiger partial charge is 0.480 e. The lowest BCUT2D eigenvalue weighted by Crippen LogP contribution is -2.59. The fourth-order valence-corrected chi connectivity index (χ4v) is 4.52. The van der Waals surface area contributed by atoms with Crippen molar-refractivity contribution < 1.29 is 24.3 Å². The Morgan fingerprint density at radius 2 is 1.76 bits per heavy atom. The van der Waals surface area contributed by atoms with E-state index in [1.54, 1.807) is 24.9 Å². The second kappa shape index (κ2) is 14.9. The van der Waals surface area contributed by atoms with Crippen molar-refractivity contribution in [3.8, 4) is 0 Å². The van der Waals surface area contributed by atoms with E-state index in [0.717, 1.165) is 16.5 Å². The molecule has 1 heterocycles. The summed E-state index contributed by atoms with van der Waals surface area (Å²) in [5.41, 5.74) is 7.75. The molecule has 5 unspecified atom stereocenters. The first-order valence-electron chi connectivity index (χ1n) is 12.2. The lowest BCUT2D eigenvalue weighted by Gasteiger charge is -2.28. The second-order valence-electron chi connectivity index (χ2n) is 8.97. The van der Waals surface area contributed by atoms with E-state index in [9.17, 15) is 24.3 Å². The molecule has 0 fully saturated rings. The number of rotatable bonds is 15. The normalized spacial score (nSPS) is 15.3. The summed E-state index contributed by atoms with van der Waals surface area (Å²) in [6.45, 7) is 3.65. The molecule has 0 saturated carbocycles. The molecule has 2 rings (SSSR count). The van der Waals surface area contributed by atoms with Crippen molar-refractivity contribution in [1.82, 2.24) is 20.9 Å². The van der Waals surface area contributed by atoms with Crippen molar-refractivity contribution in [2.75, 3.05) is 17.8 Å². The number of benzene rings is 1. The third-order valence-corrected chi connectivity index (χ3v) is 7.30. The summed E-state index contributed by atoms with van der Waals surface area (Å²) in [6.07, 6.45) is 4.87. The Hall–Kier alpha value is -2.70. The van der Waals surface area contributed by atoms with Crippen molar-refractivity contribution in [2.45, 2.75) is 57.3 Å². The third-order valence-electron chi connectivity index (χ3n) is 6.29. The number of aromatic nitrogens is 1. The molecule has 0 saturated heterocycles. The molecule has 10 nitrogen and oxygen atoms in total. The number of aliphatic carboxylic acids is 1. The van der Waals surface area contributed by atoms with E-state index in [0.29, 0.717) is 18.6 Å². The summed E-state index contributed by atoms with van der Waals surface area (Å²) in [5.74, 6) is -2.57. The highest BCUT2D eigenvalue weighted by Crippen LogP contribution is 2.20. The van der Waals surface area contributed by atoms with Gasteiger partial charge in [0.05, 0.1) is 6.04 Å². The highest BCUT2D eigenvalue weighted by atomic mass is 32.2. The number of amides is 3. The van der Waals surface area contributed by atoms with Crippen LogP contribution >= 0.6 is 24.4 Å². The summed E-state index contributed by atoms with van der Waals surface area (Å²) < 4.78 is 0. The molecule has 0 bridgehead atoms. The first-order valence-corrected chi connectivity index (χ1v) is 14.2. The summed E-state index contributed by atoms with van der Waals surface area (Å²) in [7, 11) is 0. The second-order valence-corrected chi connectivity index (χ2v) is 10.3. The highest BCUT2D eigenvalue weighted by molar-refractivity contribution is 7.98. The SMILES string of the molecule is CCC(C)C(NC(=O)C(Cc1c[nH]c2ccccc12)NC(=O)C(N)CCSC)C(=O)NC(CS)C(=O)O. The maximum Gasteiger partial charge on any atom is 0.327 e. The minimum absolute atomic E-state index is 0.102. The van der Waals surface area contributed by atoms with E-state index in [-0.39, 0.29) is 18.1 Å². The number of fused-ring (bicyclic) bond motifs is 1. The maximum atomic E-state index is 13.5. The number of carbonyl (C=O) groups is 4. The number of carbonyl (C=O) groups excluding carboxylic acids is 3. The van der Waals surface area contributed by atoms with E-state index in [1.807, 2.05) is 37.4 Å². The van der Waals surface area contributed by atoms with E-state index in [4.69, 9.17) is 5.73 Å². The van der Waals surface area contributed by atoms with Crippen LogP contribution in [0, 0.1) is 5.92 Å². The zero-order valence-electron chi connectivity index (χ0n) is 21.3. The van der Waals surface area contributed by atoms with Crippen molar-refractivity contribution in [1.29, 1.82) is 0 Å². The lowest BCUT2D eigenvalue weighted by atomic mass is 9.96. The van der Waals surface area contributed by atoms with E-state index < -0.39 is 47.9 Å². The van der Waals surface area contributed by atoms with Crippen molar-refractivity contribution in [3.05, 3.63) is 36.0 Å². The van der Waals surface area contributed by atoms with Crippen LogP contribution in [0.3, 0.4) is 0 Å². The number of carboxylic acid groups (broad SMARTS) is 1. The van der Waals surface area contributed by atoms with Gasteiger partial charge in [-0.2, -0.15) is 24.4 Å². The zero-order chi connectivity index (χ0) is 27.5. The first kappa shape index (κ1) is 30.5. The number of nitrogens with two attached hydrogens (primary N) is 1. The van der Waals surface area contributed by atoms with Gasteiger partial charge in [0.15, 0.2) is 0 Å². The number of aromatic amines is 1. The molecular weight excluding hydrogens is 514 g/mol. The molecule has 0 aliphatic rings. The molecular formula is C25H37N5O5S2. The fourth-order valence-electron chi connectivity index (χ4n) is 3.79. The van der Waals surface area contributed by atoms with Crippen LogP contribution in [0.2, 0.25) is 0 Å². The monoisotopic (exact) mass is 551 g/mol. The van der Waals surface area contributed by atoms with Gasteiger partial charge in [0.2, 0.25) is 17.7 Å². The molecule has 1 aromatic carbocycles. The number of carboxylic acids is 1.